The Morgan fingerprint density at radius 3 is 2.75 bits per heavy atom. The largest absolute Gasteiger partial charge is 0.393 e. The maximum Gasteiger partial charge on any atom is 0.0570 e. The van der Waals surface area contributed by atoms with Crippen molar-refractivity contribution < 1.29 is 5.11 Å². The molecule has 1 aromatic rings. The molecule has 0 aliphatic heterocycles. The number of hydrogen-bond acceptors (Lipinski definition) is 2. The molecular weight excluding hydrogens is 198 g/mol. The van der Waals surface area contributed by atoms with Crippen LogP contribution in [-0.4, -0.2) is 17.3 Å². The van der Waals surface area contributed by atoms with Gasteiger partial charge in [0, 0.05) is 12.6 Å². The van der Waals surface area contributed by atoms with Gasteiger partial charge < -0.3 is 10.4 Å². The van der Waals surface area contributed by atoms with Crippen LogP contribution in [0, 0.1) is 0 Å². The lowest BCUT2D eigenvalue weighted by Crippen LogP contribution is -2.43. The molecule has 2 N–H and O–H groups in total. The molecule has 0 spiro atoms. The van der Waals surface area contributed by atoms with E-state index < -0.39 is 0 Å². The van der Waals surface area contributed by atoms with E-state index in [2.05, 4.69) is 29.6 Å². The van der Waals surface area contributed by atoms with Crippen LogP contribution in [0.25, 0.3) is 0 Å². The summed E-state index contributed by atoms with van der Waals surface area (Å²) in [6.07, 6.45) is 4.51. The number of rotatable bonds is 4. The van der Waals surface area contributed by atoms with E-state index in [-0.39, 0.29) is 6.10 Å². The zero-order chi connectivity index (χ0) is 11.0. The van der Waals surface area contributed by atoms with Gasteiger partial charge in [-0.3, -0.25) is 0 Å². The second-order valence-corrected chi connectivity index (χ2v) is 5.22. The standard InChI is InChI=1S/C14H19NO/c16-14-7-13(8-14)15-9-10-2-1-3-12(6-10)11-4-5-11/h1-3,6,11,13-16H,4-5,7-9H2. The lowest BCUT2D eigenvalue weighted by molar-refractivity contribution is 0.0619. The molecule has 0 unspecified atom stereocenters. The molecule has 86 valence electrons. The smallest absolute Gasteiger partial charge is 0.0570 e. The molecule has 0 amide bonds. The van der Waals surface area contributed by atoms with Gasteiger partial charge in [0.25, 0.3) is 0 Å². The van der Waals surface area contributed by atoms with Gasteiger partial charge in [-0.25, -0.2) is 0 Å². The minimum absolute atomic E-state index is 0.0599. The van der Waals surface area contributed by atoms with Gasteiger partial charge in [-0.15, -0.1) is 0 Å². The molecule has 2 nitrogen and oxygen atoms in total. The van der Waals surface area contributed by atoms with Crippen molar-refractivity contribution in [2.24, 2.45) is 0 Å². The molecule has 0 bridgehead atoms. The normalized spacial score (nSPS) is 28.8. The third-order valence-electron chi connectivity index (χ3n) is 3.71. The summed E-state index contributed by atoms with van der Waals surface area (Å²) in [6, 6.07) is 9.46. The van der Waals surface area contributed by atoms with Gasteiger partial charge in [0.05, 0.1) is 6.10 Å². The number of nitrogens with one attached hydrogen (secondary N) is 1. The van der Waals surface area contributed by atoms with Gasteiger partial charge >= 0.3 is 0 Å². The lowest BCUT2D eigenvalue weighted by atomic mass is 9.89. The van der Waals surface area contributed by atoms with Crippen LogP contribution in [0.15, 0.2) is 24.3 Å². The van der Waals surface area contributed by atoms with Crippen LogP contribution in [0.3, 0.4) is 0 Å². The van der Waals surface area contributed by atoms with E-state index in [4.69, 9.17) is 0 Å². The molecule has 16 heavy (non-hydrogen) atoms. The summed E-state index contributed by atoms with van der Waals surface area (Å²) in [5.41, 5.74) is 2.89. The maximum atomic E-state index is 9.20. The Labute approximate surface area is 96.7 Å². The van der Waals surface area contributed by atoms with Crippen molar-refractivity contribution in [3.8, 4) is 0 Å². The van der Waals surface area contributed by atoms with Crippen molar-refractivity contribution in [1.29, 1.82) is 0 Å². The Morgan fingerprint density at radius 1 is 1.25 bits per heavy atom. The van der Waals surface area contributed by atoms with Gasteiger partial charge in [0.1, 0.15) is 0 Å². The molecule has 0 atom stereocenters. The second kappa shape index (κ2) is 4.19. The number of aliphatic hydroxyl groups is 1. The highest BCUT2D eigenvalue weighted by atomic mass is 16.3. The fraction of sp³-hybridized carbons (Fsp3) is 0.571. The first-order chi connectivity index (χ1) is 7.81. The fourth-order valence-corrected chi connectivity index (χ4v) is 2.39. The summed E-state index contributed by atoms with van der Waals surface area (Å²) in [5, 5.41) is 12.7. The molecule has 0 aromatic heterocycles. The highest BCUT2D eigenvalue weighted by molar-refractivity contribution is 5.29. The number of aliphatic hydroxyl groups excluding tert-OH is 1. The van der Waals surface area contributed by atoms with Crippen LogP contribution in [0.5, 0.6) is 0 Å². The SMILES string of the molecule is OC1CC(NCc2cccc(C3CC3)c2)C1. The van der Waals surface area contributed by atoms with Gasteiger partial charge in [-0.2, -0.15) is 0 Å². The molecule has 0 radical (unpaired) electrons. The van der Waals surface area contributed by atoms with Crippen molar-refractivity contribution >= 4 is 0 Å². The Morgan fingerprint density at radius 2 is 2.06 bits per heavy atom. The summed E-state index contributed by atoms with van der Waals surface area (Å²) in [4.78, 5) is 0. The van der Waals surface area contributed by atoms with Crippen LogP contribution in [-0.2, 0) is 6.54 Å². The highest BCUT2D eigenvalue weighted by Crippen LogP contribution is 2.40. The van der Waals surface area contributed by atoms with E-state index >= 15 is 0 Å². The topological polar surface area (TPSA) is 32.3 Å². The first kappa shape index (κ1) is 10.3. The maximum absolute atomic E-state index is 9.20. The summed E-state index contributed by atoms with van der Waals surface area (Å²) in [6.45, 7) is 0.942. The predicted octanol–water partition coefficient (Wildman–Crippen LogP) is 2.18. The summed E-state index contributed by atoms with van der Waals surface area (Å²) in [7, 11) is 0. The first-order valence-corrected chi connectivity index (χ1v) is 6.31. The summed E-state index contributed by atoms with van der Waals surface area (Å²) < 4.78 is 0. The molecule has 0 heterocycles. The van der Waals surface area contributed by atoms with E-state index in [1.165, 1.54) is 24.0 Å². The van der Waals surface area contributed by atoms with Crippen molar-refractivity contribution in [1.82, 2.24) is 5.32 Å². The van der Waals surface area contributed by atoms with Crippen LogP contribution in [0.4, 0.5) is 0 Å². The Bertz CT molecular complexity index is 367. The van der Waals surface area contributed by atoms with Crippen LogP contribution < -0.4 is 5.32 Å². The van der Waals surface area contributed by atoms with E-state index in [1.807, 2.05) is 0 Å². The van der Waals surface area contributed by atoms with Crippen molar-refractivity contribution in [2.45, 2.75) is 50.3 Å². The zero-order valence-electron chi connectivity index (χ0n) is 9.52. The molecular formula is C14H19NO. The lowest BCUT2D eigenvalue weighted by Gasteiger charge is -2.32. The third-order valence-corrected chi connectivity index (χ3v) is 3.71. The Hall–Kier alpha value is -0.860. The Kier molecular flexibility index (Phi) is 2.70. The number of benzene rings is 1. The molecule has 0 saturated heterocycles. The summed E-state index contributed by atoms with van der Waals surface area (Å²) >= 11 is 0. The minimum Gasteiger partial charge on any atom is -0.393 e. The average Bonchev–Trinajstić information content (AvgIpc) is 3.07. The van der Waals surface area contributed by atoms with Crippen LogP contribution in [0.2, 0.25) is 0 Å². The molecule has 2 fully saturated rings. The Balaban J connectivity index is 1.55. The van der Waals surface area contributed by atoms with Gasteiger partial charge in [0.2, 0.25) is 0 Å². The van der Waals surface area contributed by atoms with Gasteiger partial charge in [-0.1, -0.05) is 24.3 Å². The highest BCUT2D eigenvalue weighted by Gasteiger charge is 2.26. The predicted molar refractivity (Wildman–Crippen MR) is 64.3 cm³/mol. The fourth-order valence-electron chi connectivity index (χ4n) is 2.39. The molecule has 2 aliphatic carbocycles. The first-order valence-electron chi connectivity index (χ1n) is 6.31. The second-order valence-electron chi connectivity index (χ2n) is 5.22. The molecule has 2 heteroatoms. The van der Waals surface area contributed by atoms with Gasteiger partial charge in [0.15, 0.2) is 0 Å². The van der Waals surface area contributed by atoms with E-state index in [9.17, 15) is 5.11 Å². The van der Waals surface area contributed by atoms with Crippen LogP contribution >= 0.6 is 0 Å². The van der Waals surface area contributed by atoms with Crippen LogP contribution in [0.1, 0.15) is 42.7 Å². The summed E-state index contributed by atoms with van der Waals surface area (Å²) in [5.74, 6) is 0.838. The minimum atomic E-state index is -0.0599. The van der Waals surface area contributed by atoms with E-state index in [1.54, 1.807) is 0 Å². The number of hydrogen-bond donors (Lipinski definition) is 2. The third kappa shape index (κ3) is 2.28. The zero-order valence-corrected chi connectivity index (χ0v) is 9.52. The quantitative estimate of drug-likeness (QED) is 0.810. The van der Waals surface area contributed by atoms with Crippen molar-refractivity contribution in [3.05, 3.63) is 35.4 Å². The van der Waals surface area contributed by atoms with Gasteiger partial charge in [-0.05, 0) is 42.7 Å². The molecule has 1 aromatic carbocycles. The van der Waals surface area contributed by atoms with E-state index in [0.29, 0.717) is 6.04 Å². The van der Waals surface area contributed by atoms with Crippen molar-refractivity contribution in [3.63, 3.8) is 0 Å². The van der Waals surface area contributed by atoms with E-state index in [0.717, 1.165) is 25.3 Å². The average molecular weight is 217 g/mol. The molecule has 3 rings (SSSR count). The molecule has 2 saturated carbocycles. The molecule has 2 aliphatic rings. The monoisotopic (exact) mass is 217 g/mol. The van der Waals surface area contributed by atoms with Crippen molar-refractivity contribution in [2.75, 3.05) is 0 Å².